The van der Waals surface area contributed by atoms with E-state index in [9.17, 15) is 0 Å². The molecule has 26 heavy (non-hydrogen) atoms. The van der Waals surface area contributed by atoms with Crippen LogP contribution in [0.2, 0.25) is 0 Å². The zero-order valence-corrected chi connectivity index (χ0v) is 16.5. The highest BCUT2D eigenvalue weighted by Crippen LogP contribution is 2.54. The molecule has 5 heteroatoms. The van der Waals surface area contributed by atoms with E-state index in [1.807, 2.05) is 14.2 Å². The molecule has 5 fully saturated rings. The maximum Gasteiger partial charge on any atom is 0.147 e. The van der Waals surface area contributed by atoms with Crippen molar-refractivity contribution in [3.8, 4) is 0 Å². The molecule has 3 aliphatic carbocycles. The molecule has 0 aromatic heterocycles. The van der Waals surface area contributed by atoms with Gasteiger partial charge in [0, 0.05) is 32.7 Å². The summed E-state index contributed by atoms with van der Waals surface area (Å²) in [6.07, 6.45) is 8.86. The third-order valence-electron chi connectivity index (χ3n) is 8.63. The van der Waals surface area contributed by atoms with E-state index in [1.165, 1.54) is 32.1 Å². The first-order chi connectivity index (χ1) is 12.7. The Kier molecular flexibility index (Phi) is 4.81. The third-order valence-corrected chi connectivity index (χ3v) is 8.63. The van der Waals surface area contributed by atoms with Gasteiger partial charge in [0.05, 0.1) is 24.4 Å². The maximum absolute atomic E-state index is 5.97. The van der Waals surface area contributed by atoms with Crippen molar-refractivity contribution in [2.24, 2.45) is 29.6 Å². The number of piperidine rings is 1. The number of nitrogens with zero attached hydrogens (tertiary/aromatic N) is 1. The summed E-state index contributed by atoms with van der Waals surface area (Å²) in [7, 11) is 6.08. The highest BCUT2D eigenvalue weighted by atomic mass is 16.7. The van der Waals surface area contributed by atoms with E-state index in [-0.39, 0.29) is 12.2 Å². The summed E-state index contributed by atoms with van der Waals surface area (Å²) >= 11 is 0. The Balaban J connectivity index is 1.38. The summed E-state index contributed by atoms with van der Waals surface area (Å²) in [6, 6.07) is 0.719. The Morgan fingerprint density at radius 1 is 0.808 bits per heavy atom. The number of hydrogen-bond acceptors (Lipinski definition) is 5. The number of methoxy groups -OCH3 is 2. The van der Waals surface area contributed by atoms with E-state index in [4.69, 9.17) is 18.9 Å². The minimum Gasteiger partial charge on any atom is -0.379 e. The van der Waals surface area contributed by atoms with E-state index < -0.39 is 0 Å². The molecule has 148 valence electrons. The fraction of sp³-hybridized carbons (Fsp3) is 1.00. The first-order valence-corrected chi connectivity index (χ1v) is 10.7. The topological polar surface area (TPSA) is 40.2 Å². The molecule has 0 aromatic carbocycles. The molecule has 0 aromatic rings. The predicted molar refractivity (Wildman–Crippen MR) is 97.8 cm³/mol. The van der Waals surface area contributed by atoms with Crippen LogP contribution < -0.4 is 0 Å². The summed E-state index contributed by atoms with van der Waals surface area (Å²) in [5.41, 5.74) is 0. The van der Waals surface area contributed by atoms with Crippen LogP contribution in [-0.4, -0.2) is 70.0 Å². The highest BCUT2D eigenvalue weighted by molar-refractivity contribution is 5.07. The second kappa shape index (κ2) is 7.00. The van der Waals surface area contributed by atoms with Gasteiger partial charge in [0.25, 0.3) is 0 Å². The molecule has 2 aliphatic heterocycles. The Morgan fingerprint density at radius 3 is 2.35 bits per heavy atom. The second-order valence-electron chi connectivity index (χ2n) is 9.47. The molecule has 2 saturated heterocycles. The standard InChI is InChI=1S/C21H35NO4/c1-22-10-16-13(6-7-17(23-2)21(16)24-3)14-5-4-12-8-18-19(26-11-25-18)9-15(12)20(14)22/h12-21H,4-11H2,1-3H3. The largest absolute Gasteiger partial charge is 0.379 e. The molecule has 2 heterocycles. The number of rotatable bonds is 2. The minimum atomic E-state index is 0.252. The first-order valence-electron chi connectivity index (χ1n) is 10.7. The van der Waals surface area contributed by atoms with Crippen LogP contribution in [0.1, 0.15) is 38.5 Å². The highest BCUT2D eigenvalue weighted by Gasteiger charge is 2.56. The van der Waals surface area contributed by atoms with Gasteiger partial charge in [-0.25, -0.2) is 0 Å². The summed E-state index contributed by atoms with van der Waals surface area (Å²) in [4.78, 5) is 2.68. The first kappa shape index (κ1) is 17.9. The van der Waals surface area contributed by atoms with Gasteiger partial charge in [-0.1, -0.05) is 0 Å². The summed E-state index contributed by atoms with van der Waals surface area (Å²) < 4.78 is 23.5. The molecule has 3 saturated carbocycles. The zero-order valence-electron chi connectivity index (χ0n) is 16.5. The molecule has 0 amide bonds. The lowest BCUT2D eigenvalue weighted by Gasteiger charge is -2.60. The molecular weight excluding hydrogens is 330 g/mol. The van der Waals surface area contributed by atoms with Crippen LogP contribution in [0.25, 0.3) is 0 Å². The van der Waals surface area contributed by atoms with Crippen molar-refractivity contribution in [1.82, 2.24) is 4.90 Å². The van der Waals surface area contributed by atoms with Crippen molar-refractivity contribution in [2.45, 2.75) is 69.0 Å². The average molecular weight is 366 g/mol. The number of ether oxygens (including phenoxy) is 4. The smallest absolute Gasteiger partial charge is 0.147 e. The quantitative estimate of drug-likeness (QED) is 0.752. The van der Waals surface area contributed by atoms with E-state index in [1.54, 1.807) is 0 Å². The lowest BCUT2D eigenvalue weighted by molar-refractivity contribution is -0.165. The van der Waals surface area contributed by atoms with Crippen molar-refractivity contribution in [1.29, 1.82) is 0 Å². The Labute approximate surface area is 157 Å². The molecule has 0 radical (unpaired) electrons. The van der Waals surface area contributed by atoms with E-state index in [0.717, 1.165) is 42.7 Å². The van der Waals surface area contributed by atoms with Gasteiger partial charge in [-0.15, -0.1) is 0 Å². The van der Waals surface area contributed by atoms with Gasteiger partial charge < -0.3 is 23.8 Å². The van der Waals surface area contributed by atoms with Crippen LogP contribution in [0.5, 0.6) is 0 Å². The van der Waals surface area contributed by atoms with Crippen LogP contribution in [-0.2, 0) is 18.9 Å². The monoisotopic (exact) mass is 365 g/mol. The third kappa shape index (κ3) is 2.69. The fourth-order valence-corrected chi connectivity index (χ4v) is 7.63. The van der Waals surface area contributed by atoms with Crippen LogP contribution in [0.4, 0.5) is 0 Å². The number of likely N-dealkylation sites (tertiary alicyclic amines) is 1. The molecule has 0 N–H and O–H groups in total. The molecule has 10 atom stereocenters. The van der Waals surface area contributed by atoms with Gasteiger partial charge >= 0.3 is 0 Å². The van der Waals surface area contributed by atoms with Gasteiger partial charge in [-0.05, 0) is 69.2 Å². The average Bonchev–Trinajstić information content (AvgIpc) is 3.12. The molecular formula is C21H35NO4. The summed E-state index contributed by atoms with van der Waals surface area (Å²) in [6.45, 7) is 1.66. The van der Waals surface area contributed by atoms with Crippen molar-refractivity contribution in [3.05, 3.63) is 0 Å². The van der Waals surface area contributed by atoms with Crippen LogP contribution in [0, 0.1) is 29.6 Å². The normalized spacial score (nSPS) is 54.1. The van der Waals surface area contributed by atoms with Crippen LogP contribution >= 0.6 is 0 Å². The van der Waals surface area contributed by atoms with Gasteiger partial charge in [-0.3, -0.25) is 0 Å². The Bertz CT molecular complexity index is 516. The van der Waals surface area contributed by atoms with E-state index in [2.05, 4.69) is 11.9 Å². The summed E-state index contributed by atoms with van der Waals surface area (Å²) in [5.74, 6) is 3.83. The lowest BCUT2D eigenvalue weighted by atomic mass is 9.55. The lowest BCUT2D eigenvalue weighted by Crippen LogP contribution is -2.64. The summed E-state index contributed by atoms with van der Waals surface area (Å²) in [5, 5.41) is 0. The van der Waals surface area contributed by atoms with Crippen molar-refractivity contribution >= 4 is 0 Å². The van der Waals surface area contributed by atoms with Gasteiger partial charge in [0.2, 0.25) is 0 Å². The molecule has 5 nitrogen and oxygen atoms in total. The number of fused-ring (bicyclic) bond motifs is 6. The Morgan fingerprint density at radius 2 is 1.58 bits per heavy atom. The van der Waals surface area contributed by atoms with Crippen LogP contribution in [0.15, 0.2) is 0 Å². The van der Waals surface area contributed by atoms with Crippen molar-refractivity contribution in [2.75, 3.05) is 34.6 Å². The molecule has 5 aliphatic rings. The van der Waals surface area contributed by atoms with Gasteiger partial charge in [0.1, 0.15) is 6.79 Å². The van der Waals surface area contributed by atoms with E-state index in [0.29, 0.717) is 24.9 Å². The van der Waals surface area contributed by atoms with Crippen molar-refractivity contribution in [3.63, 3.8) is 0 Å². The molecule has 0 bridgehead atoms. The SMILES string of the molecule is COC1CCC2C(CN(C)C3C4CC5OCOC5CC4CCC23)C1OC. The minimum absolute atomic E-state index is 0.252. The van der Waals surface area contributed by atoms with E-state index >= 15 is 0 Å². The number of hydrogen-bond donors (Lipinski definition) is 0. The van der Waals surface area contributed by atoms with Gasteiger partial charge in [0.15, 0.2) is 0 Å². The second-order valence-corrected chi connectivity index (χ2v) is 9.47. The zero-order chi connectivity index (χ0) is 17.8. The Hall–Kier alpha value is -0.200. The molecule has 10 unspecified atom stereocenters. The molecule has 5 rings (SSSR count). The van der Waals surface area contributed by atoms with Gasteiger partial charge in [-0.2, -0.15) is 0 Å². The van der Waals surface area contributed by atoms with Crippen molar-refractivity contribution < 1.29 is 18.9 Å². The predicted octanol–water partition coefficient (Wildman–Crippen LogP) is 2.53. The fourth-order valence-electron chi connectivity index (χ4n) is 7.63. The maximum atomic E-state index is 5.97. The molecule has 0 spiro atoms. The van der Waals surface area contributed by atoms with Crippen LogP contribution in [0.3, 0.4) is 0 Å².